The molecule has 0 fully saturated rings. The topological polar surface area (TPSA) is 68.7 Å². The number of aromatic nitrogens is 1. The zero-order valence-corrected chi connectivity index (χ0v) is 13.5. The summed E-state index contributed by atoms with van der Waals surface area (Å²) in [7, 11) is 0. The molecule has 3 aromatic rings. The Hall–Kier alpha value is -3.34. The summed E-state index contributed by atoms with van der Waals surface area (Å²) in [6.07, 6.45) is 1.26. The Balaban J connectivity index is 1.77. The van der Waals surface area contributed by atoms with Gasteiger partial charge in [0.25, 0.3) is 5.88 Å². The lowest BCUT2D eigenvalue weighted by Crippen LogP contribution is -2.05. The first kappa shape index (κ1) is 16.5. The number of ether oxygens (including phenoxy) is 2. The van der Waals surface area contributed by atoms with Gasteiger partial charge < -0.3 is 14.6 Å². The van der Waals surface area contributed by atoms with Crippen LogP contribution in [-0.4, -0.2) is 16.1 Å². The third-order valence-electron chi connectivity index (χ3n) is 3.52. The van der Waals surface area contributed by atoms with E-state index in [-0.39, 0.29) is 11.4 Å². The average molecular weight is 335 g/mol. The molecule has 0 aliphatic heterocycles. The predicted molar refractivity (Wildman–Crippen MR) is 92.7 cm³/mol. The van der Waals surface area contributed by atoms with E-state index in [0.717, 1.165) is 11.1 Å². The van der Waals surface area contributed by atoms with E-state index in [1.807, 2.05) is 60.7 Å². The zero-order valence-electron chi connectivity index (χ0n) is 13.5. The fourth-order valence-electron chi connectivity index (χ4n) is 2.22. The number of carbonyl (C=O) groups is 1. The van der Waals surface area contributed by atoms with Crippen LogP contribution in [0.4, 0.5) is 0 Å². The zero-order chi connectivity index (χ0) is 17.5. The van der Waals surface area contributed by atoms with Gasteiger partial charge in [0.1, 0.15) is 13.2 Å². The average Bonchev–Trinajstić information content (AvgIpc) is 2.66. The molecule has 5 heteroatoms. The Morgan fingerprint density at radius 2 is 1.44 bits per heavy atom. The third-order valence-corrected chi connectivity index (χ3v) is 3.52. The van der Waals surface area contributed by atoms with E-state index < -0.39 is 5.97 Å². The van der Waals surface area contributed by atoms with E-state index in [0.29, 0.717) is 19.0 Å². The molecule has 0 aliphatic carbocycles. The lowest BCUT2D eigenvalue weighted by Gasteiger charge is -2.12. The van der Waals surface area contributed by atoms with Gasteiger partial charge in [-0.15, -0.1) is 0 Å². The van der Waals surface area contributed by atoms with Crippen molar-refractivity contribution in [3.05, 3.63) is 89.6 Å². The van der Waals surface area contributed by atoms with Crippen LogP contribution in [0.1, 0.15) is 21.5 Å². The third kappa shape index (κ3) is 4.57. The highest BCUT2D eigenvalue weighted by atomic mass is 16.5. The summed E-state index contributed by atoms with van der Waals surface area (Å²) in [5, 5.41) is 9.16. The molecule has 2 aromatic carbocycles. The van der Waals surface area contributed by atoms with Crippen LogP contribution in [-0.2, 0) is 13.2 Å². The molecule has 0 amide bonds. The van der Waals surface area contributed by atoms with Crippen LogP contribution in [0.3, 0.4) is 0 Å². The van der Waals surface area contributed by atoms with Crippen molar-refractivity contribution in [2.75, 3.05) is 0 Å². The summed E-state index contributed by atoms with van der Waals surface area (Å²) in [5.41, 5.74) is 2.01. The van der Waals surface area contributed by atoms with E-state index in [1.54, 1.807) is 0 Å². The highest BCUT2D eigenvalue weighted by Crippen LogP contribution is 2.27. The van der Waals surface area contributed by atoms with E-state index in [2.05, 4.69) is 4.98 Å². The molecule has 1 aromatic heterocycles. The number of carboxylic acid groups (broad SMARTS) is 1. The molecule has 0 saturated carbocycles. The summed E-state index contributed by atoms with van der Waals surface area (Å²) in [5.74, 6) is -0.490. The van der Waals surface area contributed by atoms with Crippen molar-refractivity contribution in [3.63, 3.8) is 0 Å². The molecule has 0 saturated heterocycles. The van der Waals surface area contributed by atoms with Gasteiger partial charge in [-0.1, -0.05) is 60.7 Å². The number of pyridine rings is 1. The second-order valence-corrected chi connectivity index (χ2v) is 5.38. The van der Waals surface area contributed by atoms with Gasteiger partial charge in [-0.2, -0.15) is 0 Å². The highest BCUT2D eigenvalue weighted by molar-refractivity contribution is 5.87. The number of hydrogen-bond acceptors (Lipinski definition) is 4. The minimum atomic E-state index is -1.06. The minimum Gasteiger partial charge on any atom is -0.483 e. The van der Waals surface area contributed by atoms with Crippen LogP contribution >= 0.6 is 0 Å². The number of carboxylic acids is 1. The molecule has 0 aliphatic rings. The van der Waals surface area contributed by atoms with Gasteiger partial charge in [0.05, 0.1) is 5.56 Å². The molecule has 0 bridgehead atoms. The van der Waals surface area contributed by atoms with Gasteiger partial charge in [0.2, 0.25) is 0 Å². The monoisotopic (exact) mass is 335 g/mol. The second-order valence-electron chi connectivity index (χ2n) is 5.38. The SMILES string of the molecule is O=C(O)c1cnc(OCc2ccccc2)c(OCc2ccccc2)c1. The van der Waals surface area contributed by atoms with E-state index in [4.69, 9.17) is 14.6 Å². The number of benzene rings is 2. The standard InChI is InChI=1S/C20H17NO4/c22-20(23)17-11-18(24-13-15-7-3-1-4-8-15)19(21-12-17)25-14-16-9-5-2-6-10-16/h1-12H,13-14H2,(H,22,23). The number of nitrogens with zero attached hydrogens (tertiary/aromatic N) is 1. The van der Waals surface area contributed by atoms with Crippen LogP contribution < -0.4 is 9.47 Å². The molecule has 0 atom stereocenters. The largest absolute Gasteiger partial charge is 0.483 e. The maximum absolute atomic E-state index is 11.2. The van der Waals surface area contributed by atoms with Crippen LogP contribution in [0.25, 0.3) is 0 Å². The lowest BCUT2D eigenvalue weighted by atomic mass is 10.2. The molecule has 126 valence electrons. The maximum Gasteiger partial charge on any atom is 0.337 e. The second kappa shape index (κ2) is 7.97. The Morgan fingerprint density at radius 3 is 2.00 bits per heavy atom. The Kier molecular flexibility index (Phi) is 5.26. The molecule has 0 spiro atoms. The molecular formula is C20H17NO4. The van der Waals surface area contributed by atoms with Crippen LogP contribution in [0.2, 0.25) is 0 Å². The lowest BCUT2D eigenvalue weighted by molar-refractivity contribution is 0.0695. The predicted octanol–water partition coefficient (Wildman–Crippen LogP) is 3.94. The van der Waals surface area contributed by atoms with E-state index in [1.165, 1.54) is 12.3 Å². The molecule has 25 heavy (non-hydrogen) atoms. The van der Waals surface area contributed by atoms with Gasteiger partial charge in [0, 0.05) is 12.3 Å². The molecule has 5 nitrogen and oxygen atoms in total. The first-order valence-corrected chi connectivity index (χ1v) is 7.79. The fraction of sp³-hybridized carbons (Fsp3) is 0.100. The fourth-order valence-corrected chi connectivity index (χ4v) is 2.22. The molecule has 1 heterocycles. The summed E-state index contributed by atoms with van der Waals surface area (Å²) in [4.78, 5) is 15.3. The van der Waals surface area contributed by atoms with Crippen molar-refractivity contribution < 1.29 is 19.4 Å². The van der Waals surface area contributed by atoms with Crippen LogP contribution in [0, 0.1) is 0 Å². The molecule has 1 N–H and O–H groups in total. The summed E-state index contributed by atoms with van der Waals surface area (Å²) in [6, 6.07) is 20.7. The summed E-state index contributed by atoms with van der Waals surface area (Å²) >= 11 is 0. The molecule has 0 unspecified atom stereocenters. The Morgan fingerprint density at radius 1 is 0.880 bits per heavy atom. The van der Waals surface area contributed by atoms with Crippen LogP contribution in [0.5, 0.6) is 11.6 Å². The molecule has 0 radical (unpaired) electrons. The number of aromatic carboxylic acids is 1. The Bertz CT molecular complexity index is 835. The van der Waals surface area contributed by atoms with Gasteiger partial charge in [-0.25, -0.2) is 9.78 Å². The first-order valence-electron chi connectivity index (χ1n) is 7.79. The van der Waals surface area contributed by atoms with Crippen molar-refractivity contribution in [3.8, 4) is 11.6 Å². The first-order chi connectivity index (χ1) is 12.2. The van der Waals surface area contributed by atoms with Gasteiger partial charge in [-0.3, -0.25) is 0 Å². The van der Waals surface area contributed by atoms with E-state index in [9.17, 15) is 4.79 Å². The van der Waals surface area contributed by atoms with Gasteiger partial charge in [0.15, 0.2) is 5.75 Å². The Labute approximate surface area is 145 Å². The number of hydrogen-bond donors (Lipinski definition) is 1. The quantitative estimate of drug-likeness (QED) is 0.708. The van der Waals surface area contributed by atoms with Gasteiger partial charge >= 0.3 is 5.97 Å². The highest BCUT2D eigenvalue weighted by Gasteiger charge is 2.13. The molecule has 3 rings (SSSR count). The van der Waals surface area contributed by atoms with Crippen molar-refractivity contribution in [2.45, 2.75) is 13.2 Å². The smallest absolute Gasteiger partial charge is 0.337 e. The van der Waals surface area contributed by atoms with Crippen molar-refractivity contribution in [1.82, 2.24) is 4.98 Å². The van der Waals surface area contributed by atoms with Crippen molar-refractivity contribution in [2.24, 2.45) is 0 Å². The van der Waals surface area contributed by atoms with Crippen molar-refractivity contribution in [1.29, 1.82) is 0 Å². The molecular weight excluding hydrogens is 318 g/mol. The van der Waals surface area contributed by atoms with Crippen molar-refractivity contribution >= 4 is 5.97 Å². The minimum absolute atomic E-state index is 0.0510. The van der Waals surface area contributed by atoms with Gasteiger partial charge in [-0.05, 0) is 11.1 Å². The summed E-state index contributed by atoms with van der Waals surface area (Å²) < 4.78 is 11.5. The maximum atomic E-state index is 11.2. The normalized spacial score (nSPS) is 10.2. The van der Waals surface area contributed by atoms with Crippen LogP contribution in [0.15, 0.2) is 72.9 Å². The summed E-state index contributed by atoms with van der Waals surface area (Å²) in [6.45, 7) is 0.620. The van der Waals surface area contributed by atoms with E-state index >= 15 is 0 Å². The number of rotatable bonds is 7.